The molecule has 4 heteroatoms. The highest BCUT2D eigenvalue weighted by Gasteiger charge is 2.05. The minimum absolute atomic E-state index is 0.0756. The van der Waals surface area contributed by atoms with Crippen molar-refractivity contribution in [2.24, 2.45) is 0 Å². The van der Waals surface area contributed by atoms with Gasteiger partial charge in [-0.1, -0.05) is 17.7 Å². The molecule has 1 rings (SSSR count). The lowest BCUT2D eigenvalue weighted by Gasteiger charge is -2.05. The molecule has 0 fully saturated rings. The highest BCUT2D eigenvalue weighted by atomic mass is 35.5. The average molecular weight is 207 g/mol. The predicted octanol–water partition coefficient (Wildman–Crippen LogP) is 2.79. The van der Waals surface area contributed by atoms with Crippen molar-refractivity contribution in [3.8, 4) is 5.75 Å². The number of thiol groups is 1. The van der Waals surface area contributed by atoms with E-state index in [2.05, 4.69) is 12.6 Å². The van der Waals surface area contributed by atoms with Crippen molar-refractivity contribution in [1.82, 2.24) is 0 Å². The molecular weight excluding hydrogens is 199 g/mol. The maximum Gasteiger partial charge on any atom is 0.183 e. The van der Waals surface area contributed by atoms with Crippen molar-refractivity contribution >= 4 is 24.2 Å². The Morgan fingerprint density at radius 1 is 1.50 bits per heavy atom. The van der Waals surface area contributed by atoms with Gasteiger partial charge in [0.25, 0.3) is 0 Å². The Morgan fingerprint density at radius 3 is 2.92 bits per heavy atom. The van der Waals surface area contributed by atoms with Crippen LogP contribution in [0.1, 0.15) is 0 Å². The lowest BCUT2D eigenvalue weighted by atomic mass is 10.3. The van der Waals surface area contributed by atoms with Crippen molar-refractivity contribution in [1.29, 1.82) is 0 Å². The van der Waals surface area contributed by atoms with E-state index in [-0.39, 0.29) is 10.8 Å². The Morgan fingerprint density at radius 2 is 2.25 bits per heavy atom. The molecule has 0 heterocycles. The zero-order valence-corrected chi connectivity index (χ0v) is 7.91. The average Bonchev–Trinajstić information content (AvgIpc) is 2.08. The molecule has 0 aromatic heterocycles. The van der Waals surface area contributed by atoms with Crippen molar-refractivity contribution < 1.29 is 9.13 Å². The van der Waals surface area contributed by atoms with E-state index in [1.807, 2.05) is 0 Å². The molecule has 1 aromatic rings. The third-order valence-electron chi connectivity index (χ3n) is 1.27. The molecule has 0 saturated heterocycles. The van der Waals surface area contributed by atoms with Crippen molar-refractivity contribution in [2.75, 3.05) is 12.4 Å². The van der Waals surface area contributed by atoms with Crippen molar-refractivity contribution in [3.05, 3.63) is 29.0 Å². The molecule has 12 heavy (non-hydrogen) atoms. The van der Waals surface area contributed by atoms with Gasteiger partial charge in [-0.3, -0.25) is 0 Å². The lowest BCUT2D eigenvalue weighted by Crippen LogP contribution is -1.99. The molecule has 66 valence electrons. The SMILES string of the molecule is Fc1c(Cl)cccc1OCCS. The fourth-order valence-electron chi connectivity index (χ4n) is 0.751. The van der Waals surface area contributed by atoms with Gasteiger partial charge < -0.3 is 4.74 Å². The van der Waals surface area contributed by atoms with E-state index in [0.717, 1.165) is 0 Å². The van der Waals surface area contributed by atoms with Gasteiger partial charge in [-0.05, 0) is 12.1 Å². The van der Waals surface area contributed by atoms with E-state index >= 15 is 0 Å². The van der Waals surface area contributed by atoms with Crippen molar-refractivity contribution in [2.45, 2.75) is 0 Å². The minimum Gasteiger partial charge on any atom is -0.490 e. The van der Waals surface area contributed by atoms with Crippen LogP contribution in [-0.2, 0) is 0 Å². The summed E-state index contributed by atoms with van der Waals surface area (Å²) in [5, 5.41) is 0.0756. The van der Waals surface area contributed by atoms with E-state index in [9.17, 15) is 4.39 Å². The summed E-state index contributed by atoms with van der Waals surface area (Å²) in [6.45, 7) is 0.375. The second-order valence-corrected chi connectivity index (χ2v) is 2.98. The van der Waals surface area contributed by atoms with Crippen LogP contribution >= 0.6 is 24.2 Å². The molecular formula is C8H8ClFOS. The Hall–Kier alpha value is -0.410. The summed E-state index contributed by atoms with van der Waals surface area (Å²) >= 11 is 9.45. The largest absolute Gasteiger partial charge is 0.490 e. The van der Waals surface area contributed by atoms with E-state index in [0.29, 0.717) is 12.4 Å². The van der Waals surface area contributed by atoms with Gasteiger partial charge >= 0.3 is 0 Å². The first kappa shape index (κ1) is 9.68. The first-order valence-electron chi connectivity index (χ1n) is 3.43. The first-order chi connectivity index (χ1) is 5.75. The van der Waals surface area contributed by atoms with Crippen molar-refractivity contribution in [3.63, 3.8) is 0 Å². The maximum absolute atomic E-state index is 13.0. The zero-order valence-electron chi connectivity index (χ0n) is 6.26. The molecule has 0 atom stereocenters. The molecule has 0 bridgehead atoms. The van der Waals surface area contributed by atoms with E-state index in [1.165, 1.54) is 12.1 Å². The summed E-state index contributed by atoms with van der Waals surface area (Å²) in [6.07, 6.45) is 0. The zero-order chi connectivity index (χ0) is 8.97. The van der Waals surface area contributed by atoms with Gasteiger partial charge in [0.15, 0.2) is 11.6 Å². The fraction of sp³-hybridized carbons (Fsp3) is 0.250. The lowest BCUT2D eigenvalue weighted by molar-refractivity contribution is 0.325. The van der Waals surface area contributed by atoms with Crippen LogP contribution in [0, 0.1) is 5.82 Å². The van der Waals surface area contributed by atoms with E-state index in [1.54, 1.807) is 6.07 Å². The van der Waals surface area contributed by atoms with Crippen LogP contribution in [0.4, 0.5) is 4.39 Å². The number of hydrogen-bond donors (Lipinski definition) is 1. The molecule has 0 aliphatic rings. The molecule has 0 radical (unpaired) electrons. The van der Waals surface area contributed by atoms with E-state index < -0.39 is 5.82 Å². The molecule has 1 nitrogen and oxygen atoms in total. The Labute approximate surface area is 80.9 Å². The summed E-state index contributed by atoms with van der Waals surface area (Å²) in [5.41, 5.74) is 0. The quantitative estimate of drug-likeness (QED) is 0.749. The highest BCUT2D eigenvalue weighted by Crippen LogP contribution is 2.23. The van der Waals surface area contributed by atoms with Gasteiger partial charge in [-0.2, -0.15) is 12.6 Å². The maximum atomic E-state index is 13.0. The normalized spacial score (nSPS) is 9.92. The van der Waals surface area contributed by atoms with Gasteiger partial charge in [0.05, 0.1) is 11.6 Å². The predicted molar refractivity (Wildman–Crippen MR) is 50.8 cm³/mol. The summed E-state index contributed by atoms with van der Waals surface area (Å²) < 4.78 is 18.1. The molecule has 0 unspecified atom stereocenters. The third-order valence-corrected chi connectivity index (χ3v) is 1.74. The third kappa shape index (κ3) is 2.29. The Balaban J connectivity index is 2.78. The van der Waals surface area contributed by atoms with Crippen LogP contribution in [-0.4, -0.2) is 12.4 Å². The summed E-state index contributed by atoms with van der Waals surface area (Å²) in [4.78, 5) is 0. The summed E-state index contributed by atoms with van der Waals surface area (Å²) in [5.74, 6) is 0.212. The van der Waals surface area contributed by atoms with Crippen LogP contribution < -0.4 is 4.74 Å². The monoisotopic (exact) mass is 206 g/mol. The molecule has 1 aromatic carbocycles. The number of hydrogen-bond acceptors (Lipinski definition) is 2. The molecule has 0 aliphatic carbocycles. The van der Waals surface area contributed by atoms with Crippen LogP contribution in [0.5, 0.6) is 5.75 Å². The number of benzene rings is 1. The van der Waals surface area contributed by atoms with Crippen LogP contribution in [0.25, 0.3) is 0 Å². The van der Waals surface area contributed by atoms with Gasteiger partial charge in [-0.25, -0.2) is 4.39 Å². The summed E-state index contributed by atoms with van der Waals surface area (Å²) in [7, 11) is 0. The first-order valence-corrected chi connectivity index (χ1v) is 4.44. The Kier molecular flexibility index (Phi) is 3.69. The standard InChI is InChI=1S/C8H8ClFOS/c9-6-2-1-3-7(8(6)10)11-4-5-12/h1-3,12H,4-5H2. The minimum atomic E-state index is -0.513. The fourth-order valence-corrected chi connectivity index (χ4v) is 1.01. The number of ether oxygens (including phenoxy) is 1. The summed E-state index contributed by atoms with van der Waals surface area (Å²) in [6, 6.07) is 4.65. The molecule has 0 spiro atoms. The topological polar surface area (TPSA) is 9.23 Å². The van der Waals surface area contributed by atoms with Gasteiger partial charge in [0.2, 0.25) is 0 Å². The number of halogens is 2. The van der Waals surface area contributed by atoms with Gasteiger partial charge in [0.1, 0.15) is 0 Å². The second-order valence-electron chi connectivity index (χ2n) is 2.12. The van der Waals surface area contributed by atoms with Crippen LogP contribution in [0.3, 0.4) is 0 Å². The molecule has 0 N–H and O–H groups in total. The van der Waals surface area contributed by atoms with Gasteiger partial charge in [0, 0.05) is 5.75 Å². The highest BCUT2D eigenvalue weighted by molar-refractivity contribution is 7.80. The number of rotatable bonds is 3. The second kappa shape index (κ2) is 4.58. The molecule has 0 saturated carbocycles. The van der Waals surface area contributed by atoms with E-state index in [4.69, 9.17) is 16.3 Å². The van der Waals surface area contributed by atoms with Gasteiger partial charge in [-0.15, -0.1) is 0 Å². The molecule has 0 amide bonds. The smallest absolute Gasteiger partial charge is 0.183 e. The van der Waals surface area contributed by atoms with Crippen LogP contribution in [0.15, 0.2) is 18.2 Å². The molecule has 0 aliphatic heterocycles. The Bertz CT molecular complexity index is 267. The van der Waals surface area contributed by atoms with Crippen LogP contribution in [0.2, 0.25) is 5.02 Å².